The second kappa shape index (κ2) is 10.5. The molecule has 5 rings (SSSR count). The predicted molar refractivity (Wildman–Crippen MR) is 137 cm³/mol. The molecule has 0 bridgehead atoms. The van der Waals surface area contributed by atoms with Crippen molar-refractivity contribution in [2.75, 3.05) is 59.0 Å². The first kappa shape index (κ1) is 24.1. The van der Waals surface area contributed by atoms with Crippen LogP contribution >= 0.6 is 23.2 Å². The lowest BCUT2D eigenvalue weighted by atomic mass is 9.71. The van der Waals surface area contributed by atoms with E-state index in [-0.39, 0.29) is 11.3 Å². The molecule has 1 atom stereocenters. The fourth-order valence-electron chi connectivity index (χ4n) is 5.75. The van der Waals surface area contributed by atoms with Crippen LogP contribution in [-0.2, 0) is 10.2 Å². The van der Waals surface area contributed by atoms with E-state index in [0.29, 0.717) is 22.6 Å². The highest BCUT2D eigenvalue weighted by Gasteiger charge is 2.41. The van der Waals surface area contributed by atoms with Crippen LogP contribution in [-0.4, -0.2) is 85.7 Å². The van der Waals surface area contributed by atoms with E-state index >= 15 is 0 Å². The van der Waals surface area contributed by atoms with Gasteiger partial charge in [-0.05, 0) is 55.6 Å². The molecule has 7 heteroatoms. The minimum Gasteiger partial charge on any atom is -0.379 e. The monoisotopic (exact) mass is 501 g/mol. The largest absolute Gasteiger partial charge is 0.379 e. The van der Waals surface area contributed by atoms with Crippen molar-refractivity contribution in [3.63, 3.8) is 0 Å². The summed E-state index contributed by atoms with van der Waals surface area (Å²) in [6.45, 7) is 8.54. The van der Waals surface area contributed by atoms with Gasteiger partial charge >= 0.3 is 0 Å². The van der Waals surface area contributed by atoms with Gasteiger partial charge in [-0.1, -0.05) is 47.5 Å². The van der Waals surface area contributed by atoms with Gasteiger partial charge in [0.25, 0.3) is 5.91 Å². The average molecular weight is 502 g/mol. The topological polar surface area (TPSA) is 36.0 Å². The first-order valence-electron chi connectivity index (χ1n) is 12.4. The third-order valence-electron chi connectivity index (χ3n) is 7.82. The van der Waals surface area contributed by atoms with E-state index in [1.807, 2.05) is 47.4 Å². The van der Waals surface area contributed by atoms with Gasteiger partial charge in [0.2, 0.25) is 0 Å². The highest BCUT2D eigenvalue weighted by atomic mass is 35.5. The molecule has 3 aliphatic rings. The number of halogens is 2. The maximum Gasteiger partial charge on any atom is 0.253 e. The van der Waals surface area contributed by atoms with Crippen molar-refractivity contribution in [2.45, 2.75) is 30.7 Å². The van der Waals surface area contributed by atoms with Crippen LogP contribution in [0.1, 0.15) is 35.2 Å². The minimum absolute atomic E-state index is 0.112. The van der Waals surface area contributed by atoms with Gasteiger partial charge in [0.15, 0.2) is 0 Å². The lowest BCUT2D eigenvalue weighted by Crippen LogP contribution is -2.62. The van der Waals surface area contributed by atoms with E-state index in [4.69, 9.17) is 27.9 Å². The molecule has 3 fully saturated rings. The normalized spacial score (nSPS) is 24.7. The molecule has 34 heavy (non-hydrogen) atoms. The Labute approximate surface area is 212 Å². The summed E-state index contributed by atoms with van der Waals surface area (Å²) in [7, 11) is 0. The molecule has 0 aliphatic carbocycles. The number of hydrogen-bond acceptors (Lipinski definition) is 4. The van der Waals surface area contributed by atoms with Crippen molar-refractivity contribution in [1.82, 2.24) is 14.7 Å². The second-order valence-corrected chi connectivity index (χ2v) is 10.7. The van der Waals surface area contributed by atoms with Crippen molar-refractivity contribution in [1.29, 1.82) is 0 Å². The molecule has 1 unspecified atom stereocenters. The van der Waals surface area contributed by atoms with Gasteiger partial charge in [-0.15, -0.1) is 0 Å². The lowest BCUT2D eigenvalue weighted by molar-refractivity contribution is -0.0345. The first-order chi connectivity index (χ1) is 16.5. The second-order valence-electron chi connectivity index (χ2n) is 9.92. The molecular formula is C27H33Cl2N3O2. The molecular weight excluding hydrogens is 469 g/mol. The van der Waals surface area contributed by atoms with Crippen LogP contribution < -0.4 is 0 Å². The summed E-state index contributed by atoms with van der Waals surface area (Å²) in [5.41, 5.74) is 1.82. The van der Waals surface area contributed by atoms with Crippen molar-refractivity contribution in [3.05, 3.63) is 69.7 Å². The third-order valence-corrected chi connectivity index (χ3v) is 8.56. The molecule has 0 N–H and O–H groups in total. The fraction of sp³-hybridized carbons (Fsp3) is 0.519. The van der Waals surface area contributed by atoms with E-state index in [2.05, 4.69) is 15.9 Å². The number of amides is 1. The van der Waals surface area contributed by atoms with Crippen LogP contribution in [0.25, 0.3) is 0 Å². The van der Waals surface area contributed by atoms with Crippen molar-refractivity contribution >= 4 is 29.1 Å². The Bertz CT molecular complexity index is 993. The first-order valence-corrected chi connectivity index (χ1v) is 13.1. The maximum absolute atomic E-state index is 13.3. The number of hydrogen-bond donors (Lipinski definition) is 0. The van der Waals surface area contributed by atoms with Crippen LogP contribution in [0.2, 0.25) is 10.0 Å². The quantitative estimate of drug-likeness (QED) is 0.580. The smallest absolute Gasteiger partial charge is 0.253 e. The molecule has 3 saturated heterocycles. The zero-order valence-electron chi connectivity index (χ0n) is 19.6. The summed E-state index contributed by atoms with van der Waals surface area (Å²) in [6.07, 6.45) is 3.03. The molecule has 3 aliphatic heterocycles. The van der Waals surface area contributed by atoms with Crippen LogP contribution in [0.3, 0.4) is 0 Å². The molecule has 0 spiro atoms. The fourth-order valence-corrected chi connectivity index (χ4v) is 6.05. The highest BCUT2D eigenvalue weighted by molar-refractivity contribution is 6.42. The van der Waals surface area contributed by atoms with Gasteiger partial charge in [-0.3, -0.25) is 9.69 Å². The summed E-state index contributed by atoms with van der Waals surface area (Å²) in [6, 6.07) is 16.3. The van der Waals surface area contributed by atoms with E-state index in [1.54, 1.807) is 0 Å². The van der Waals surface area contributed by atoms with Crippen molar-refractivity contribution in [2.24, 2.45) is 0 Å². The Morgan fingerprint density at radius 3 is 2.50 bits per heavy atom. The molecule has 3 heterocycles. The Morgan fingerprint density at radius 2 is 1.76 bits per heavy atom. The van der Waals surface area contributed by atoms with E-state index in [1.165, 1.54) is 5.56 Å². The number of nitrogens with zero attached hydrogens (tertiary/aromatic N) is 3. The van der Waals surface area contributed by atoms with Crippen molar-refractivity contribution < 1.29 is 9.53 Å². The number of carbonyl (C=O) groups excluding carboxylic acids is 1. The minimum atomic E-state index is -0.124. The SMILES string of the molecule is O=C(c1ccccc1)N1CCCC(CCN2CC(N3CCOCC3)C2)(c2ccc(Cl)c(Cl)c2)C1. The van der Waals surface area contributed by atoms with Gasteiger partial charge in [0.1, 0.15) is 0 Å². The van der Waals surface area contributed by atoms with Gasteiger partial charge in [0.05, 0.1) is 23.3 Å². The Morgan fingerprint density at radius 1 is 1.00 bits per heavy atom. The highest BCUT2D eigenvalue weighted by Crippen LogP contribution is 2.40. The molecule has 2 aromatic carbocycles. The molecule has 0 radical (unpaired) electrons. The van der Waals surface area contributed by atoms with Crippen LogP contribution in [0.5, 0.6) is 0 Å². The molecule has 182 valence electrons. The van der Waals surface area contributed by atoms with E-state index in [9.17, 15) is 4.79 Å². The number of likely N-dealkylation sites (tertiary alicyclic amines) is 2. The molecule has 2 aromatic rings. The Kier molecular flexibility index (Phi) is 7.47. The molecule has 0 aromatic heterocycles. The van der Waals surface area contributed by atoms with Gasteiger partial charge in [-0.2, -0.15) is 0 Å². The van der Waals surface area contributed by atoms with Gasteiger partial charge in [-0.25, -0.2) is 0 Å². The van der Waals surface area contributed by atoms with Gasteiger partial charge in [0, 0.05) is 56.3 Å². The summed E-state index contributed by atoms with van der Waals surface area (Å²) in [5, 5.41) is 1.16. The number of carbonyl (C=O) groups is 1. The van der Waals surface area contributed by atoms with E-state index < -0.39 is 0 Å². The third kappa shape index (κ3) is 5.14. The number of rotatable bonds is 6. The lowest BCUT2D eigenvalue weighted by Gasteiger charge is -2.49. The van der Waals surface area contributed by atoms with Crippen LogP contribution in [0.4, 0.5) is 0 Å². The summed E-state index contributed by atoms with van der Waals surface area (Å²) in [5.74, 6) is 0.112. The van der Waals surface area contributed by atoms with Crippen molar-refractivity contribution in [3.8, 4) is 0 Å². The summed E-state index contributed by atoms with van der Waals surface area (Å²) < 4.78 is 5.51. The zero-order valence-corrected chi connectivity index (χ0v) is 21.1. The van der Waals surface area contributed by atoms with E-state index in [0.717, 1.165) is 77.3 Å². The average Bonchev–Trinajstić information content (AvgIpc) is 2.85. The predicted octanol–water partition coefficient (Wildman–Crippen LogP) is 4.57. The standard InChI is InChI=1S/C27H33Cl2N3O2/c28-24-8-7-22(17-25(24)29)27(10-12-30-18-23(19-30)31-13-15-34-16-14-31)9-4-11-32(20-27)26(33)21-5-2-1-3-6-21/h1-3,5-8,17,23H,4,9-16,18-20H2. The summed E-state index contributed by atoms with van der Waals surface area (Å²) >= 11 is 12.7. The molecule has 5 nitrogen and oxygen atoms in total. The van der Waals surface area contributed by atoms with Crippen LogP contribution in [0.15, 0.2) is 48.5 Å². The summed E-state index contributed by atoms with van der Waals surface area (Å²) in [4.78, 5) is 20.5. The van der Waals surface area contributed by atoms with Crippen LogP contribution in [0, 0.1) is 0 Å². The molecule has 1 amide bonds. The zero-order chi connectivity index (χ0) is 23.5. The maximum atomic E-state index is 13.3. The Hall–Kier alpha value is -1.63. The number of piperidine rings is 1. The number of morpholine rings is 1. The number of ether oxygens (including phenoxy) is 1. The number of benzene rings is 2. The Balaban J connectivity index is 1.31. The van der Waals surface area contributed by atoms with Gasteiger partial charge < -0.3 is 14.5 Å². The molecule has 0 saturated carbocycles.